The van der Waals surface area contributed by atoms with Gasteiger partial charge in [-0.15, -0.1) is 0 Å². The van der Waals surface area contributed by atoms with Crippen LogP contribution in [-0.2, 0) is 0 Å². The number of carbonyl (C=O) groups is 1. The lowest BCUT2D eigenvalue weighted by molar-refractivity contribution is 0.112. The molecule has 0 atom stereocenters. The van der Waals surface area contributed by atoms with Gasteiger partial charge in [0.25, 0.3) is 5.95 Å². The Bertz CT molecular complexity index is 463. The summed E-state index contributed by atoms with van der Waals surface area (Å²) in [5.41, 5.74) is 0.429. The summed E-state index contributed by atoms with van der Waals surface area (Å²) < 4.78 is 6.43. The van der Waals surface area contributed by atoms with E-state index in [1.807, 2.05) is 0 Å². The molecule has 0 N–H and O–H groups in total. The lowest BCUT2D eigenvalue weighted by Crippen LogP contribution is -2.01. The Kier molecular flexibility index (Phi) is 2.40. The number of aromatic nitrogens is 4. The van der Waals surface area contributed by atoms with Gasteiger partial charge in [0, 0.05) is 12.4 Å². The maximum atomic E-state index is 10.4. The van der Waals surface area contributed by atoms with Crippen LogP contribution in [0.3, 0.4) is 0 Å². The van der Waals surface area contributed by atoms with Gasteiger partial charge in [0.1, 0.15) is 0 Å². The average molecular weight is 204 g/mol. The van der Waals surface area contributed by atoms with Crippen LogP contribution in [0.1, 0.15) is 10.4 Å². The lowest BCUT2D eigenvalue weighted by atomic mass is 10.4. The first-order chi connectivity index (χ1) is 7.33. The van der Waals surface area contributed by atoms with Crippen molar-refractivity contribution in [3.05, 3.63) is 30.4 Å². The van der Waals surface area contributed by atoms with Crippen molar-refractivity contribution in [2.24, 2.45) is 0 Å². The molecule has 2 heterocycles. The van der Waals surface area contributed by atoms with Crippen molar-refractivity contribution in [2.45, 2.75) is 0 Å². The molecule has 0 radical (unpaired) electrons. The molecule has 2 aromatic heterocycles. The van der Waals surface area contributed by atoms with Gasteiger partial charge in [0.15, 0.2) is 12.0 Å². The topological polar surface area (TPSA) is 69.9 Å². The van der Waals surface area contributed by atoms with Crippen molar-refractivity contribution in [1.82, 2.24) is 19.7 Å². The zero-order chi connectivity index (χ0) is 10.7. The molecule has 6 heteroatoms. The van der Waals surface area contributed by atoms with E-state index in [1.54, 1.807) is 19.5 Å². The number of carbonyl (C=O) groups excluding carboxylic acids is 1. The van der Waals surface area contributed by atoms with Crippen LogP contribution in [0, 0.1) is 0 Å². The van der Waals surface area contributed by atoms with Gasteiger partial charge in [0.05, 0.1) is 25.1 Å². The van der Waals surface area contributed by atoms with E-state index in [9.17, 15) is 4.79 Å². The monoisotopic (exact) mass is 204 g/mol. The van der Waals surface area contributed by atoms with Crippen LogP contribution >= 0.6 is 0 Å². The van der Waals surface area contributed by atoms with Crippen molar-refractivity contribution in [3.8, 4) is 11.7 Å². The van der Waals surface area contributed by atoms with E-state index in [0.717, 1.165) is 0 Å². The van der Waals surface area contributed by atoms with Gasteiger partial charge in [-0.25, -0.2) is 14.6 Å². The Morgan fingerprint density at radius 3 is 2.60 bits per heavy atom. The Hall–Kier alpha value is -2.24. The predicted octanol–water partition coefficient (Wildman–Crippen LogP) is 0.483. The number of rotatable bonds is 3. The average Bonchev–Trinajstić information content (AvgIpc) is 2.78. The van der Waals surface area contributed by atoms with Gasteiger partial charge in [-0.1, -0.05) is 0 Å². The van der Waals surface area contributed by atoms with Gasteiger partial charge in [-0.2, -0.15) is 5.10 Å². The molecule has 0 amide bonds. The Labute approximate surface area is 85.5 Å². The second-order valence-electron chi connectivity index (χ2n) is 2.76. The number of hydrogen-bond donors (Lipinski definition) is 0. The van der Waals surface area contributed by atoms with Gasteiger partial charge in [-0.05, 0) is 0 Å². The van der Waals surface area contributed by atoms with E-state index in [-0.39, 0.29) is 0 Å². The van der Waals surface area contributed by atoms with E-state index in [4.69, 9.17) is 4.74 Å². The molecule has 0 fully saturated rings. The minimum absolute atomic E-state index is 0.393. The molecule has 0 aliphatic rings. The zero-order valence-corrected chi connectivity index (χ0v) is 7.99. The first-order valence-electron chi connectivity index (χ1n) is 4.20. The van der Waals surface area contributed by atoms with Crippen LogP contribution in [0.2, 0.25) is 0 Å². The highest BCUT2D eigenvalue weighted by Gasteiger charge is 2.02. The Morgan fingerprint density at radius 1 is 1.33 bits per heavy atom. The quantitative estimate of drug-likeness (QED) is 0.680. The number of nitrogens with zero attached hydrogens (tertiary/aromatic N) is 4. The lowest BCUT2D eigenvalue weighted by Gasteiger charge is -1.97. The SMILES string of the molecule is COc1cnn(-c2ncc(C=O)cn2)c1. The summed E-state index contributed by atoms with van der Waals surface area (Å²) in [7, 11) is 1.55. The molecule has 0 bridgehead atoms. The summed E-state index contributed by atoms with van der Waals surface area (Å²) in [6.45, 7) is 0. The third-order valence-electron chi connectivity index (χ3n) is 1.79. The van der Waals surface area contributed by atoms with Crippen molar-refractivity contribution < 1.29 is 9.53 Å². The maximum Gasteiger partial charge on any atom is 0.250 e. The number of aldehydes is 1. The first-order valence-corrected chi connectivity index (χ1v) is 4.20. The molecule has 2 rings (SSSR count). The first kappa shape index (κ1) is 9.32. The van der Waals surface area contributed by atoms with Crippen molar-refractivity contribution >= 4 is 6.29 Å². The van der Waals surface area contributed by atoms with Crippen molar-refractivity contribution in [1.29, 1.82) is 0 Å². The van der Waals surface area contributed by atoms with E-state index in [1.165, 1.54) is 17.1 Å². The van der Waals surface area contributed by atoms with E-state index in [2.05, 4.69) is 15.1 Å². The zero-order valence-electron chi connectivity index (χ0n) is 7.99. The predicted molar refractivity (Wildman–Crippen MR) is 51.1 cm³/mol. The number of hydrogen-bond acceptors (Lipinski definition) is 5. The molecule has 0 unspecified atom stereocenters. The van der Waals surface area contributed by atoms with Crippen LogP contribution in [0.4, 0.5) is 0 Å². The molecule has 0 saturated carbocycles. The third-order valence-corrected chi connectivity index (χ3v) is 1.79. The van der Waals surface area contributed by atoms with E-state index < -0.39 is 0 Å². The fourth-order valence-corrected chi connectivity index (χ4v) is 1.03. The van der Waals surface area contributed by atoms with Crippen LogP contribution in [0.5, 0.6) is 5.75 Å². The molecule has 76 valence electrons. The molecule has 0 aliphatic heterocycles. The fourth-order valence-electron chi connectivity index (χ4n) is 1.03. The number of ether oxygens (including phenoxy) is 1. The molecular formula is C9H8N4O2. The second kappa shape index (κ2) is 3.87. The molecule has 2 aromatic rings. The van der Waals surface area contributed by atoms with Gasteiger partial charge < -0.3 is 4.74 Å². The smallest absolute Gasteiger partial charge is 0.250 e. The van der Waals surface area contributed by atoms with E-state index in [0.29, 0.717) is 23.5 Å². The molecule has 0 spiro atoms. The standard InChI is InChI=1S/C9H8N4O2/c1-15-8-4-12-13(5-8)9-10-2-7(6-14)3-11-9/h2-6H,1H3. The normalized spacial score (nSPS) is 9.93. The summed E-state index contributed by atoms with van der Waals surface area (Å²) >= 11 is 0. The minimum Gasteiger partial charge on any atom is -0.493 e. The van der Waals surface area contributed by atoms with Gasteiger partial charge >= 0.3 is 0 Å². The van der Waals surface area contributed by atoms with Crippen LogP contribution in [-0.4, -0.2) is 33.1 Å². The second-order valence-corrected chi connectivity index (χ2v) is 2.76. The summed E-state index contributed by atoms with van der Waals surface area (Å²) in [6.07, 6.45) is 6.76. The molecule has 15 heavy (non-hydrogen) atoms. The van der Waals surface area contributed by atoms with Gasteiger partial charge in [0.2, 0.25) is 0 Å². The number of methoxy groups -OCH3 is 1. The van der Waals surface area contributed by atoms with Crippen molar-refractivity contribution in [3.63, 3.8) is 0 Å². The Balaban J connectivity index is 2.32. The third kappa shape index (κ3) is 1.83. The van der Waals surface area contributed by atoms with E-state index >= 15 is 0 Å². The van der Waals surface area contributed by atoms with Crippen LogP contribution < -0.4 is 4.74 Å². The van der Waals surface area contributed by atoms with Crippen LogP contribution in [0.25, 0.3) is 5.95 Å². The maximum absolute atomic E-state index is 10.4. The molecule has 0 aliphatic carbocycles. The Morgan fingerprint density at radius 2 is 2.07 bits per heavy atom. The molecule has 6 nitrogen and oxygen atoms in total. The highest BCUT2D eigenvalue weighted by molar-refractivity contribution is 5.73. The highest BCUT2D eigenvalue weighted by atomic mass is 16.5. The highest BCUT2D eigenvalue weighted by Crippen LogP contribution is 2.09. The summed E-state index contributed by atoms with van der Waals surface area (Å²) in [5.74, 6) is 1.02. The molecule has 0 saturated heterocycles. The van der Waals surface area contributed by atoms with Crippen LogP contribution in [0.15, 0.2) is 24.8 Å². The summed E-state index contributed by atoms with van der Waals surface area (Å²) in [4.78, 5) is 18.3. The molecular weight excluding hydrogens is 196 g/mol. The van der Waals surface area contributed by atoms with Gasteiger partial charge in [-0.3, -0.25) is 4.79 Å². The summed E-state index contributed by atoms with van der Waals surface area (Å²) in [6, 6.07) is 0. The fraction of sp³-hybridized carbons (Fsp3) is 0.111. The molecule has 0 aromatic carbocycles. The minimum atomic E-state index is 0.393. The summed E-state index contributed by atoms with van der Waals surface area (Å²) in [5, 5.41) is 3.99. The van der Waals surface area contributed by atoms with Crippen molar-refractivity contribution in [2.75, 3.05) is 7.11 Å². The largest absolute Gasteiger partial charge is 0.493 e.